The molecule has 10 nitrogen and oxygen atoms in total. The zero-order valence-electron chi connectivity index (χ0n) is 31.0. The standard InChI is InChI=1S/C40H62N4O6/c1-5-6-7-8-9-10-11-12-13-14-18-25-34(29-36(41)45)44(30-33-24-19-20-28-42-33)38(47)35(43-39(48)50-40(2,3)4)26-21-27-37(46)49-31-32-22-16-15-17-23-32/h15-17,19-20,22-24,28,34-35H,5-14,18,21,25-27,29-31H2,1-4H3,(H2,41,45)(H,43,48)/t34-,35-/m0/s1. The van der Waals surface area contributed by atoms with E-state index >= 15 is 0 Å². The molecule has 1 aromatic carbocycles. The van der Waals surface area contributed by atoms with E-state index in [-0.39, 0.29) is 44.7 Å². The molecule has 0 fully saturated rings. The average molecular weight is 695 g/mol. The van der Waals surface area contributed by atoms with Crippen LogP contribution in [0, 0.1) is 0 Å². The van der Waals surface area contributed by atoms with Crippen molar-refractivity contribution in [3.63, 3.8) is 0 Å². The van der Waals surface area contributed by atoms with E-state index in [9.17, 15) is 19.2 Å². The SMILES string of the molecule is CCCCCCCCCCCCC[C@@H](CC(N)=O)N(Cc1ccccn1)C(=O)[C@H](CCCC(=O)OCc1ccccc1)NC(=O)OC(C)(C)C. The van der Waals surface area contributed by atoms with E-state index in [0.717, 1.165) is 24.8 Å². The smallest absolute Gasteiger partial charge is 0.408 e. The molecule has 278 valence electrons. The van der Waals surface area contributed by atoms with Gasteiger partial charge in [0.1, 0.15) is 18.2 Å². The van der Waals surface area contributed by atoms with Crippen molar-refractivity contribution < 1.29 is 28.7 Å². The monoisotopic (exact) mass is 694 g/mol. The minimum atomic E-state index is -1.01. The van der Waals surface area contributed by atoms with Gasteiger partial charge in [-0.1, -0.05) is 114 Å². The number of hydrogen-bond acceptors (Lipinski definition) is 7. The maximum atomic E-state index is 14.4. The Morgan fingerprint density at radius 2 is 1.44 bits per heavy atom. The van der Waals surface area contributed by atoms with Crippen molar-refractivity contribution in [2.24, 2.45) is 5.73 Å². The van der Waals surface area contributed by atoms with E-state index in [4.69, 9.17) is 15.2 Å². The van der Waals surface area contributed by atoms with E-state index in [2.05, 4.69) is 17.2 Å². The van der Waals surface area contributed by atoms with Crippen LogP contribution in [0.2, 0.25) is 0 Å². The number of esters is 1. The molecule has 1 aromatic heterocycles. The average Bonchev–Trinajstić information content (AvgIpc) is 3.07. The number of nitrogens with one attached hydrogen (secondary N) is 1. The highest BCUT2D eigenvalue weighted by molar-refractivity contribution is 5.86. The molecule has 0 spiro atoms. The summed E-state index contributed by atoms with van der Waals surface area (Å²) in [5, 5.41) is 2.75. The second-order valence-corrected chi connectivity index (χ2v) is 14.2. The highest BCUT2D eigenvalue weighted by Gasteiger charge is 2.33. The van der Waals surface area contributed by atoms with Crippen molar-refractivity contribution in [2.45, 2.75) is 161 Å². The molecule has 0 bridgehead atoms. The lowest BCUT2D eigenvalue weighted by Crippen LogP contribution is -2.53. The first kappa shape index (κ1) is 42.2. The molecule has 1 heterocycles. The van der Waals surface area contributed by atoms with Gasteiger partial charge in [0.25, 0.3) is 0 Å². The fraction of sp³-hybridized carbons (Fsp3) is 0.625. The van der Waals surface area contributed by atoms with Crippen molar-refractivity contribution in [1.29, 1.82) is 0 Å². The number of pyridine rings is 1. The number of amides is 3. The summed E-state index contributed by atoms with van der Waals surface area (Å²) in [6, 6.07) is 13.4. The van der Waals surface area contributed by atoms with Crippen LogP contribution >= 0.6 is 0 Å². The fourth-order valence-electron chi connectivity index (χ4n) is 5.87. The van der Waals surface area contributed by atoms with Gasteiger partial charge in [-0.25, -0.2) is 4.79 Å². The van der Waals surface area contributed by atoms with Crippen LogP contribution in [-0.4, -0.2) is 51.4 Å². The third kappa shape index (κ3) is 19.3. The first-order chi connectivity index (χ1) is 24.0. The van der Waals surface area contributed by atoms with Gasteiger partial charge in [0.15, 0.2) is 0 Å². The number of rotatable bonds is 25. The summed E-state index contributed by atoms with van der Waals surface area (Å²) in [5.41, 5.74) is 6.48. The summed E-state index contributed by atoms with van der Waals surface area (Å²) >= 11 is 0. The van der Waals surface area contributed by atoms with Crippen molar-refractivity contribution >= 4 is 23.9 Å². The quantitative estimate of drug-likeness (QED) is 0.0789. The minimum Gasteiger partial charge on any atom is -0.461 e. The van der Waals surface area contributed by atoms with Gasteiger partial charge in [0.05, 0.1) is 12.2 Å². The number of unbranched alkanes of at least 4 members (excludes halogenated alkanes) is 10. The highest BCUT2D eigenvalue weighted by atomic mass is 16.6. The summed E-state index contributed by atoms with van der Waals surface area (Å²) < 4.78 is 10.9. The Hall–Kier alpha value is -3.95. The molecule has 0 saturated carbocycles. The van der Waals surface area contributed by atoms with E-state index in [1.54, 1.807) is 37.9 Å². The van der Waals surface area contributed by atoms with E-state index < -0.39 is 35.7 Å². The number of hydrogen-bond donors (Lipinski definition) is 2. The maximum absolute atomic E-state index is 14.4. The molecule has 50 heavy (non-hydrogen) atoms. The Morgan fingerprint density at radius 3 is 2.02 bits per heavy atom. The fourth-order valence-corrected chi connectivity index (χ4v) is 5.87. The topological polar surface area (TPSA) is 141 Å². The minimum absolute atomic E-state index is 0.0126. The predicted molar refractivity (Wildman–Crippen MR) is 197 cm³/mol. The van der Waals surface area contributed by atoms with Crippen LogP contribution < -0.4 is 11.1 Å². The van der Waals surface area contributed by atoms with Crippen LogP contribution in [0.4, 0.5) is 4.79 Å². The molecule has 2 rings (SSSR count). The van der Waals surface area contributed by atoms with Gasteiger partial charge in [0.2, 0.25) is 11.8 Å². The molecule has 3 N–H and O–H groups in total. The second-order valence-electron chi connectivity index (χ2n) is 14.2. The molecule has 0 aliphatic rings. The first-order valence-electron chi connectivity index (χ1n) is 18.7. The lowest BCUT2D eigenvalue weighted by molar-refractivity contribution is -0.145. The number of carbonyl (C=O) groups excluding carboxylic acids is 4. The Morgan fingerprint density at radius 1 is 0.820 bits per heavy atom. The summed E-state index contributed by atoms with van der Waals surface area (Å²) in [6.45, 7) is 7.77. The number of benzene rings is 1. The molecular formula is C40H62N4O6. The summed E-state index contributed by atoms with van der Waals surface area (Å²) in [6.07, 6.45) is 15.1. The Bertz CT molecular complexity index is 1250. The largest absolute Gasteiger partial charge is 0.461 e. The van der Waals surface area contributed by atoms with Crippen LogP contribution in [0.3, 0.4) is 0 Å². The molecule has 0 aliphatic heterocycles. The number of alkyl carbamates (subject to hydrolysis) is 1. The summed E-state index contributed by atoms with van der Waals surface area (Å²) in [5.74, 6) is -1.28. The van der Waals surface area contributed by atoms with Crippen LogP contribution in [0.25, 0.3) is 0 Å². The summed E-state index contributed by atoms with van der Waals surface area (Å²) in [7, 11) is 0. The van der Waals surface area contributed by atoms with Gasteiger partial charge < -0.3 is 25.4 Å². The molecule has 2 atom stereocenters. The predicted octanol–water partition coefficient (Wildman–Crippen LogP) is 8.16. The molecule has 10 heteroatoms. The first-order valence-corrected chi connectivity index (χ1v) is 18.7. The van der Waals surface area contributed by atoms with Gasteiger partial charge in [-0.3, -0.25) is 19.4 Å². The van der Waals surface area contributed by atoms with Crippen molar-refractivity contribution in [3.8, 4) is 0 Å². The zero-order valence-corrected chi connectivity index (χ0v) is 31.0. The normalized spacial score (nSPS) is 12.5. The van der Waals surface area contributed by atoms with Gasteiger partial charge in [0, 0.05) is 25.1 Å². The summed E-state index contributed by atoms with van der Waals surface area (Å²) in [4.78, 5) is 58.4. The number of ether oxygens (including phenoxy) is 2. The molecule has 3 amide bonds. The zero-order chi connectivity index (χ0) is 36.6. The third-order valence-electron chi connectivity index (χ3n) is 8.47. The Balaban J connectivity index is 2.14. The molecule has 2 aromatic rings. The number of nitrogens with zero attached hydrogens (tertiary/aromatic N) is 2. The Labute approximate surface area is 300 Å². The second kappa shape index (κ2) is 24.2. The maximum Gasteiger partial charge on any atom is 0.408 e. The highest BCUT2D eigenvalue weighted by Crippen LogP contribution is 2.21. The Kier molecular flexibility index (Phi) is 20.5. The number of aromatic nitrogens is 1. The van der Waals surface area contributed by atoms with Crippen molar-refractivity contribution in [1.82, 2.24) is 15.2 Å². The van der Waals surface area contributed by atoms with Gasteiger partial charge in [-0.15, -0.1) is 0 Å². The molecular weight excluding hydrogens is 632 g/mol. The van der Waals surface area contributed by atoms with Gasteiger partial charge >= 0.3 is 12.1 Å². The molecule has 0 aliphatic carbocycles. The third-order valence-corrected chi connectivity index (χ3v) is 8.47. The number of carbonyl (C=O) groups is 4. The molecule has 0 radical (unpaired) electrons. The van der Waals surface area contributed by atoms with Gasteiger partial charge in [-0.2, -0.15) is 0 Å². The van der Waals surface area contributed by atoms with Crippen LogP contribution in [0.1, 0.15) is 142 Å². The van der Waals surface area contributed by atoms with Crippen LogP contribution in [-0.2, 0) is 37.0 Å². The van der Waals surface area contributed by atoms with Gasteiger partial charge in [-0.05, 0) is 57.7 Å². The lowest BCUT2D eigenvalue weighted by atomic mass is 9.99. The van der Waals surface area contributed by atoms with Crippen LogP contribution in [0.5, 0.6) is 0 Å². The number of nitrogens with two attached hydrogens (primary N) is 1. The molecule has 0 unspecified atom stereocenters. The number of primary amides is 1. The molecule has 0 saturated heterocycles. The lowest BCUT2D eigenvalue weighted by Gasteiger charge is -2.34. The van der Waals surface area contributed by atoms with Crippen LogP contribution in [0.15, 0.2) is 54.7 Å². The van der Waals surface area contributed by atoms with E-state index in [0.29, 0.717) is 12.1 Å². The van der Waals surface area contributed by atoms with E-state index in [1.165, 1.54) is 51.4 Å². The van der Waals surface area contributed by atoms with Crippen molar-refractivity contribution in [3.05, 3.63) is 66.0 Å². The van der Waals surface area contributed by atoms with Crippen molar-refractivity contribution in [2.75, 3.05) is 0 Å². The van der Waals surface area contributed by atoms with E-state index in [1.807, 2.05) is 42.5 Å².